The molecule has 25 heavy (non-hydrogen) atoms. The lowest BCUT2D eigenvalue weighted by Gasteiger charge is -2.35. The highest BCUT2D eigenvalue weighted by Gasteiger charge is 2.29. The molecule has 2 heterocycles. The molecule has 2 saturated heterocycles. The lowest BCUT2D eigenvalue weighted by atomic mass is 9.99. The molecule has 0 unspecified atom stereocenters. The normalized spacial score (nSPS) is 24.8. The van der Waals surface area contributed by atoms with Gasteiger partial charge in [0.05, 0.1) is 23.5 Å². The van der Waals surface area contributed by atoms with Crippen molar-refractivity contribution < 1.29 is 19.1 Å². The van der Waals surface area contributed by atoms with E-state index in [0.717, 1.165) is 12.8 Å². The van der Waals surface area contributed by atoms with Crippen LogP contribution in [-0.2, 0) is 14.3 Å². The van der Waals surface area contributed by atoms with Gasteiger partial charge in [-0.15, -0.1) is 0 Å². The number of anilines is 1. The van der Waals surface area contributed by atoms with Crippen LogP contribution in [0.4, 0.5) is 5.69 Å². The van der Waals surface area contributed by atoms with Crippen molar-refractivity contribution in [3.05, 3.63) is 29.8 Å². The topological polar surface area (TPSA) is 67.9 Å². The minimum atomic E-state index is -0.0649. The van der Waals surface area contributed by atoms with Gasteiger partial charge in [0.2, 0.25) is 5.91 Å². The first-order valence-electron chi connectivity index (χ1n) is 8.97. The molecule has 2 aliphatic heterocycles. The molecule has 3 rings (SSSR count). The van der Waals surface area contributed by atoms with E-state index in [4.69, 9.17) is 9.47 Å². The molecule has 0 radical (unpaired) electrons. The largest absolute Gasteiger partial charge is 0.381 e. The minimum absolute atomic E-state index is 0.0108. The van der Waals surface area contributed by atoms with Gasteiger partial charge in [0.15, 0.2) is 0 Å². The number of morpholine rings is 1. The fourth-order valence-corrected chi connectivity index (χ4v) is 3.49. The van der Waals surface area contributed by atoms with Gasteiger partial charge < -0.3 is 19.7 Å². The van der Waals surface area contributed by atoms with E-state index >= 15 is 0 Å². The lowest BCUT2D eigenvalue weighted by Crippen LogP contribution is -2.48. The van der Waals surface area contributed by atoms with E-state index in [9.17, 15) is 9.59 Å². The zero-order chi connectivity index (χ0) is 17.8. The van der Waals surface area contributed by atoms with Crippen LogP contribution >= 0.6 is 0 Å². The first kappa shape index (κ1) is 17.9. The van der Waals surface area contributed by atoms with E-state index in [1.165, 1.54) is 0 Å². The maximum atomic E-state index is 13.0. The van der Waals surface area contributed by atoms with Crippen molar-refractivity contribution >= 4 is 17.5 Å². The van der Waals surface area contributed by atoms with Gasteiger partial charge in [-0.2, -0.15) is 0 Å². The van der Waals surface area contributed by atoms with Crippen LogP contribution in [0, 0.1) is 5.92 Å². The molecular weight excluding hydrogens is 320 g/mol. The van der Waals surface area contributed by atoms with Gasteiger partial charge in [0.25, 0.3) is 5.91 Å². The molecule has 0 saturated carbocycles. The quantitative estimate of drug-likeness (QED) is 0.912. The van der Waals surface area contributed by atoms with Crippen molar-refractivity contribution in [2.45, 2.75) is 38.9 Å². The van der Waals surface area contributed by atoms with Gasteiger partial charge in [-0.1, -0.05) is 12.1 Å². The summed E-state index contributed by atoms with van der Waals surface area (Å²) in [6, 6.07) is 7.22. The van der Waals surface area contributed by atoms with Crippen LogP contribution in [-0.4, -0.2) is 55.2 Å². The van der Waals surface area contributed by atoms with Crippen molar-refractivity contribution in [2.75, 3.05) is 31.6 Å². The molecule has 1 N–H and O–H groups in total. The number of rotatable bonds is 3. The van der Waals surface area contributed by atoms with Crippen LogP contribution in [0.25, 0.3) is 0 Å². The van der Waals surface area contributed by atoms with E-state index in [1.807, 2.05) is 26.0 Å². The van der Waals surface area contributed by atoms with Crippen molar-refractivity contribution in [1.82, 2.24) is 4.90 Å². The standard InChI is InChI=1S/C19H26N2O4/c1-13-11-21(12-14(2)25-13)19(23)16-5-3-4-6-17(16)20-18(22)15-7-9-24-10-8-15/h3-6,13-15H,7-12H2,1-2H3,(H,20,22)/t13-,14-/m1/s1. The highest BCUT2D eigenvalue weighted by Crippen LogP contribution is 2.23. The highest BCUT2D eigenvalue weighted by molar-refractivity contribution is 6.04. The molecule has 2 fully saturated rings. The summed E-state index contributed by atoms with van der Waals surface area (Å²) in [5.41, 5.74) is 1.11. The number of carbonyl (C=O) groups is 2. The Bertz CT molecular complexity index is 618. The number of hydrogen-bond donors (Lipinski definition) is 1. The second kappa shape index (κ2) is 7.97. The van der Waals surface area contributed by atoms with E-state index in [1.54, 1.807) is 17.0 Å². The molecule has 136 valence electrons. The van der Waals surface area contributed by atoms with Gasteiger partial charge in [-0.05, 0) is 38.8 Å². The summed E-state index contributed by atoms with van der Waals surface area (Å²) in [5.74, 6) is -0.155. The number of hydrogen-bond acceptors (Lipinski definition) is 4. The molecule has 1 aromatic carbocycles. The molecule has 6 heteroatoms. The molecule has 6 nitrogen and oxygen atoms in total. The van der Waals surface area contributed by atoms with Crippen LogP contribution in [0.15, 0.2) is 24.3 Å². The summed E-state index contributed by atoms with van der Waals surface area (Å²) in [4.78, 5) is 27.3. The number of para-hydroxylation sites is 1. The molecule has 2 aliphatic rings. The van der Waals surface area contributed by atoms with E-state index < -0.39 is 0 Å². The minimum Gasteiger partial charge on any atom is -0.381 e. The van der Waals surface area contributed by atoms with Gasteiger partial charge >= 0.3 is 0 Å². The van der Waals surface area contributed by atoms with Gasteiger partial charge in [-0.3, -0.25) is 9.59 Å². The highest BCUT2D eigenvalue weighted by atomic mass is 16.5. The molecule has 0 bridgehead atoms. The predicted molar refractivity (Wildman–Crippen MR) is 94.5 cm³/mol. The zero-order valence-corrected chi connectivity index (χ0v) is 14.9. The van der Waals surface area contributed by atoms with Crippen molar-refractivity contribution in [2.24, 2.45) is 5.92 Å². The number of carbonyl (C=O) groups excluding carboxylic acids is 2. The van der Waals surface area contributed by atoms with E-state index in [0.29, 0.717) is 37.6 Å². The Hall–Kier alpha value is -1.92. The second-order valence-electron chi connectivity index (χ2n) is 6.89. The monoisotopic (exact) mass is 346 g/mol. The van der Waals surface area contributed by atoms with Crippen molar-refractivity contribution in [3.63, 3.8) is 0 Å². The molecular formula is C19H26N2O4. The Balaban J connectivity index is 1.73. The summed E-state index contributed by atoms with van der Waals surface area (Å²) < 4.78 is 11.0. The molecule has 0 spiro atoms. The Kier molecular flexibility index (Phi) is 5.71. The molecule has 0 aliphatic carbocycles. The zero-order valence-electron chi connectivity index (χ0n) is 14.9. The fourth-order valence-electron chi connectivity index (χ4n) is 3.49. The SMILES string of the molecule is C[C@@H]1CN(C(=O)c2ccccc2NC(=O)C2CCOCC2)C[C@@H](C)O1. The molecule has 1 aromatic rings. The summed E-state index contributed by atoms with van der Waals surface area (Å²) in [7, 11) is 0. The third kappa shape index (κ3) is 4.38. The number of ether oxygens (including phenoxy) is 2. The maximum Gasteiger partial charge on any atom is 0.256 e. The number of amides is 2. The predicted octanol–water partition coefficient (Wildman–Crippen LogP) is 2.30. The van der Waals surface area contributed by atoms with Gasteiger partial charge in [-0.25, -0.2) is 0 Å². The Morgan fingerprint density at radius 1 is 1.08 bits per heavy atom. The second-order valence-corrected chi connectivity index (χ2v) is 6.89. The first-order chi connectivity index (χ1) is 12.0. The van der Waals surface area contributed by atoms with Gasteiger partial charge in [0, 0.05) is 32.2 Å². The fraction of sp³-hybridized carbons (Fsp3) is 0.579. The molecule has 2 amide bonds. The van der Waals surface area contributed by atoms with Gasteiger partial charge in [0.1, 0.15) is 0 Å². The first-order valence-corrected chi connectivity index (χ1v) is 8.97. The number of benzene rings is 1. The third-order valence-corrected chi connectivity index (χ3v) is 4.71. The summed E-state index contributed by atoms with van der Waals surface area (Å²) >= 11 is 0. The average Bonchev–Trinajstić information content (AvgIpc) is 2.61. The van der Waals surface area contributed by atoms with E-state index in [2.05, 4.69) is 5.32 Å². The van der Waals surface area contributed by atoms with E-state index in [-0.39, 0.29) is 29.9 Å². The average molecular weight is 346 g/mol. The Morgan fingerprint density at radius 3 is 2.40 bits per heavy atom. The summed E-state index contributed by atoms with van der Waals surface area (Å²) in [6.07, 6.45) is 1.47. The number of nitrogens with zero attached hydrogens (tertiary/aromatic N) is 1. The van der Waals surface area contributed by atoms with Crippen LogP contribution in [0.3, 0.4) is 0 Å². The van der Waals surface area contributed by atoms with Crippen LogP contribution in [0.2, 0.25) is 0 Å². The van der Waals surface area contributed by atoms with Crippen LogP contribution < -0.4 is 5.32 Å². The molecule has 2 atom stereocenters. The van der Waals surface area contributed by atoms with Crippen LogP contribution in [0.5, 0.6) is 0 Å². The number of nitrogens with one attached hydrogen (secondary N) is 1. The lowest BCUT2D eigenvalue weighted by molar-refractivity contribution is -0.122. The Labute approximate surface area is 148 Å². The summed E-state index contributed by atoms with van der Waals surface area (Å²) in [5, 5.41) is 2.95. The maximum absolute atomic E-state index is 13.0. The smallest absolute Gasteiger partial charge is 0.256 e. The van der Waals surface area contributed by atoms with Crippen molar-refractivity contribution in [3.8, 4) is 0 Å². The van der Waals surface area contributed by atoms with Crippen LogP contribution in [0.1, 0.15) is 37.0 Å². The Morgan fingerprint density at radius 2 is 1.72 bits per heavy atom. The summed E-state index contributed by atoms with van der Waals surface area (Å²) in [6.45, 7) is 6.28. The molecule has 0 aromatic heterocycles. The van der Waals surface area contributed by atoms with Crippen molar-refractivity contribution in [1.29, 1.82) is 0 Å². The third-order valence-electron chi connectivity index (χ3n) is 4.71.